The average molecular weight is 633 g/mol. The van der Waals surface area contributed by atoms with Crippen LogP contribution in [0.25, 0.3) is 98.4 Å². The van der Waals surface area contributed by atoms with E-state index in [9.17, 15) is 0 Å². The molecule has 0 saturated heterocycles. The fraction of sp³-hybridized carbons (Fsp3) is 0. The summed E-state index contributed by atoms with van der Waals surface area (Å²) in [5, 5.41) is 12.6. The molecule has 50 heavy (non-hydrogen) atoms. The number of rotatable bonds is 4. The SMILES string of the molecule is c1ccc(-c2cc3ccccc3cc2-c2ccc3c(c2)c(-c2cccc4ccccc24)cc2cc(-c4cccc5ccccc45)ccc23)cc1. The molecule has 10 rings (SSSR count). The smallest absolute Gasteiger partial charge is 0.00926 e. The van der Waals surface area contributed by atoms with Crippen molar-refractivity contribution in [3.63, 3.8) is 0 Å². The first kappa shape index (κ1) is 28.5. The molecule has 232 valence electrons. The lowest BCUT2D eigenvalue weighted by Gasteiger charge is -2.17. The maximum absolute atomic E-state index is 2.43. The summed E-state index contributed by atoms with van der Waals surface area (Å²) in [6.45, 7) is 0. The van der Waals surface area contributed by atoms with E-state index < -0.39 is 0 Å². The topological polar surface area (TPSA) is 0 Å². The van der Waals surface area contributed by atoms with E-state index in [4.69, 9.17) is 0 Å². The maximum Gasteiger partial charge on any atom is -0.00926 e. The van der Waals surface area contributed by atoms with Crippen LogP contribution in [0.1, 0.15) is 0 Å². The molecule has 10 aromatic carbocycles. The van der Waals surface area contributed by atoms with E-state index in [1.807, 2.05) is 0 Å². The lowest BCUT2D eigenvalue weighted by molar-refractivity contribution is 1.62. The van der Waals surface area contributed by atoms with Gasteiger partial charge in [-0.1, -0.05) is 164 Å². The molecule has 0 aliphatic carbocycles. The highest BCUT2D eigenvalue weighted by atomic mass is 14.2. The zero-order chi connectivity index (χ0) is 33.0. The lowest BCUT2D eigenvalue weighted by Crippen LogP contribution is -1.90. The number of fused-ring (bicyclic) bond motifs is 6. The minimum atomic E-state index is 1.22. The summed E-state index contributed by atoms with van der Waals surface area (Å²) in [6, 6.07) is 71.5. The molecular formula is C50H32. The fourth-order valence-electron chi connectivity index (χ4n) is 7.99. The summed E-state index contributed by atoms with van der Waals surface area (Å²) in [5.74, 6) is 0. The van der Waals surface area contributed by atoms with Crippen LogP contribution in [0.5, 0.6) is 0 Å². The molecule has 0 heterocycles. The van der Waals surface area contributed by atoms with Crippen LogP contribution in [-0.2, 0) is 0 Å². The molecule has 0 aliphatic heterocycles. The second-order valence-corrected chi connectivity index (χ2v) is 13.3. The quantitative estimate of drug-likeness (QED) is 0.169. The van der Waals surface area contributed by atoms with Crippen molar-refractivity contribution in [2.24, 2.45) is 0 Å². The van der Waals surface area contributed by atoms with Gasteiger partial charge in [-0.15, -0.1) is 0 Å². The van der Waals surface area contributed by atoms with Crippen molar-refractivity contribution in [2.45, 2.75) is 0 Å². The molecule has 0 unspecified atom stereocenters. The Hall–Kier alpha value is -6.50. The standard InChI is InChI=1S/C50H32/c1-2-12-35(13-3-1)47-29-36-16-4-5-17-37(36)30-48(47)39-25-27-46-44-26-24-38(43-22-10-18-33-14-6-8-20-41(33)43)28-40(44)32-50(49(46)31-39)45-23-11-19-34-15-7-9-21-42(34)45/h1-32H. The second-order valence-electron chi connectivity index (χ2n) is 13.3. The van der Waals surface area contributed by atoms with E-state index in [0.29, 0.717) is 0 Å². The van der Waals surface area contributed by atoms with Gasteiger partial charge in [0.1, 0.15) is 0 Å². The third-order valence-corrected chi connectivity index (χ3v) is 10.4. The highest BCUT2D eigenvalue weighted by Gasteiger charge is 2.16. The van der Waals surface area contributed by atoms with Gasteiger partial charge in [-0.2, -0.15) is 0 Å². The van der Waals surface area contributed by atoms with Gasteiger partial charge >= 0.3 is 0 Å². The summed E-state index contributed by atoms with van der Waals surface area (Å²) in [4.78, 5) is 0. The Kier molecular flexibility index (Phi) is 6.60. The minimum absolute atomic E-state index is 1.22. The van der Waals surface area contributed by atoms with Crippen LogP contribution in [0, 0.1) is 0 Å². The molecule has 0 aliphatic rings. The van der Waals surface area contributed by atoms with Gasteiger partial charge in [0.2, 0.25) is 0 Å². The molecule has 0 aromatic heterocycles. The van der Waals surface area contributed by atoms with Crippen molar-refractivity contribution in [1.82, 2.24) is 0 Å². The van der Waals surface area contributed by atoms with Crippen molar-refractivity contribution in [1.29, 1.82) is 0 Å². The Morgan fingerprint density at radius 2 is 0.680 bits per heavy atom. The maximum atomic E-state index is 2.43. The molecule has 0 spiro atoms. The average Bonchev–Trinajstić information content (AvgIpc) is 3.19. The van der Waals surface area contributed by atoms with Gasteiger partial charge in [0.25, 0.3) is 0 Å². The van der Waals surface area contributed by atoms with Crippen LogP contribution < -0.4 is 0 Å². The molecule has 0 atom stereocenters. The minimum Gasteiger partial charge on any atom is -0.0622 e. The highest BCUT2D eigenvalue weighted by molar-refractivity contribution is 6.18. The van der Waals surface area contributed by atoms with E-state index in [1.165, 1.54) is 98.4 Å². The van der Waals surface area contributed by atoms with E-state index >= 15 is 0 Å². The van der Waals surface area contributed by atoms with Gasteiger partial charge in [0, 0.05) is 0 Å². The third kappa shape index (κ3) is 4.69. The zero-order valence-electron chi connectivity index (χ0n) is 27.5. The van der Waals surface area contributed by atoms with E-state index in [0.717, 1.165) is 0 Å². The lowest BCUT2D eigenvalue weighted by atomic mass is 9.86. The Bertz CT molecular complexity index is 2900. The summed E-state index contributed by atoms with van der Waals surface area (Å²) in [7, 11) is 0. The number of benzene rings is 10. The van der Waals surface area contributed by atoms with Gasteiger partial charge < -0.3 is 0 Å². The molecule has 0 radical (unpaired) electrons. The Balaban J connectivity index is 1.27. The molecule has 0 N–H and O–H groups in total. The zero-order valence-corrected chi connectivity index (χ0v) is 27.5. The van der Waals surface area contributed by atoms with Crippen LogP contribution in [0.3, 0.4) is 0 Å². The predicted molar refractivity (Wildman–Crippen MR) is 216 cm³/mol. The highest BCUT2D eigenvalue weighted by Crippen LogP contribution is 2.43. The Labute approximate surface area is 291 Å². The van der Waals surface area contributed by atoms with Gasteiger partial charge in [-0.05, 0) is 129 Å². The molecule has 0 nitrogen and oxygen atoms in total. The summed E-state index contributed by atoms with van der Waals surface area (Å²) in [6.07, 6.45) is 0. The first-order chi connectivity index (χ1) is 24.8. The largest absolute Gasteiger partial charge is 0.0622 e. The van der Waals surface area contributed by atoms with Crippen LogP contribution >= 0.6 is 0 Å². The second kappa shape index (κ2) is 11.6. The van der Waals surface area contributed by atoms with Crippen LogP contribution in [-0.4, -0.2) is 0 Å². The van der Waals surface area contributed by atoms with Crippen LogP contribution in [0.15, 0.2) is 194 Å². The van der Waals surface area contributed by atoms with Gasteiger partial charge in [0.15, 0.2) is 0 Å². The summed E-state index contributed by atoms with van der Waals surface area (Å²) < 4.78 is 0. The third-order valence-electron chi connectivity index (χ3n) is 10.4. The number of hydrogen-bond acceptors (Lipinski definition) is 0. The normalized spacial score (nSPS) is 11.6. The van der Waals surface area contributed by atoms with Crippen molar-refractivity contribution in [3.8, 4) is 44.5 Å². The fourth-order valence-corrected chi connectivity index (χ4v) is 7.99. The first-order valence-corrected chi connectivity index (χ1v) is 17.3. The van der Waals surface area contributed by atoms with E-state index in [1.54, 1.807) is 0 Å². The van der Waals surface area contributed by atoms with Gasteiger partial charge in [0.05, 0.1) is 0 Å². The molecule has 0 bridgehead atoms. The summed E-state index contributed by atoms with van der Waals surface area (Å²) in [5.41, 5.74) is 9.93. The molecule has 0 fully saturated rings. The summed E-state index contributed by atoms with van der Waals surface area (Å²) >= 11 is 0. The van der Waals surface area contributed by atoms with Gasteiger partial charge in [-0.25, -0.2) is 0 Å². The van der Waals surface area contributed by atoms with Crippen LogP contribution in [0.2, 0.25) is 0 Å². The number of hydrogen-bond donors (Lipinski definition) is 0. The van der Waals surface area contributed by atoms with E-state index in [-0.39, 0.29) is 0 Å². The monoisotopic (exact) mass is 632 g/mol. The van der Waals surface area contributed by atoms with Crippen molar-refractivity contribution in [2.75, 3.05) is 0 Å². The van der Waals surface area contributed by atoms with Crippen LogP contribution in [0.4, 0.5) is 0 Å². The van der Waals surface area contributed by atoms with Crippen molar-refractivity contribution >= 4 is 53.9 Å². The molecule has 0 saturated carbocycles. The van der Waals surface area contributed by atoms with E-state index in [2.05, 4.69) is 194 Å². The molecule has 0 heteroatoms. The Morgan fingerprint density at radius 3 is 1.38 bits per heavy atom. The first-order valence-electron chi connectivity index (χ1n) is 17.3. The molecule has 10 aromatic rings. The molecular weight excluding hydrogens is 601 g/mol. The van der Waals surface area contributed by atoms with Crippen molar-refractivity contribution < 1.29 is 0 Å². The molecule has 0 amide bonds. The van der Waals surface area contributed by atoms with Gasteiger partial charge in [-0.3, -0.25) is 0 Å². The van der Waals surface area contributed by atoms with Crippen molar-refractivity contribution in [3.05, 3.63) is 194 Å². The Morgan fingerprint density at radius 1 is 0.180 bits per heavy atom. The predicted octanol–water partition coefficient (Wildman–Crippen LogP) is 14.1.